The molecule has 0 unspecified atom stereocenters. The average Bonchev–Trinajstić information content (AvgIpc) is 3.33. The number of pyridine rings is 1. The number of carbonyl (C=O) groups is 1. The Bertz CT molecular complexity index is 1400. The van der Waals surface area contributed by atoms with Crippen LogP contribution >= 0.6 is 11.6 Å². The van der Waals surface area contributed by atoms with E-state index in [-0.39, 0.29) is 18.3 Å². The number of ether oxygens (including phenoxy) is 2. The van der Waals surface area contributed by atoms with Crippen molar-refractivity contribution in [2.45, 2.75) is 39.7 Å². The predicted molar refractivity (Wildman–Crippen MR) is 136 cm³/mol. The van der Waals surface area contributed by atoms with Crippen molar-refractivity contribution in [1.29, 1.82) is 0 Å². The first-order valence-corrected chi connectivity index (χ1v) is 11.8. The molecule has 0 saturated carbocycles. The molecule has 0 bridgehead atoms. The SMILES string of the molecule is CC#C[C@@H](CC(=O)OCC)c1ccc(OCc2cc(-c3cc(Cl)ccc3C)cn3ncnc23)cc1. The van der Waals surface area contributed by atoms with Gasteiger partial charge in [-0.15, -0.1) is 5.92 Å². The number of aromatic nitrogens is 3. The van der Waals surface area contributed by atoms with Crippen LogP contribution in [0.1, 0.15) is 42.9 Å². The molecular formula is C28H26ClN3O3. The molecule has 2 heterocycles. The minimum atomic E-state index is -0.257. The molecule has 0 N–H and O–H groups in total. The second-order valence-corrected chi connectivity index (χ2v) is 8.49. The van der Waals surface area contributed by atoms with E-state index in [1.807, 2.05) is 55.6 Å². The Morgan fingerprint density at radius 2 is 1.97 bits per heavy atom. The van der Waals surface area contributed by atoms with Crippen molar-refractivity contribution in [2.75, 3.05) is 6.61 Å². The zero-order valence-electron chi connectivity index (χ0n) is 19.9. The number of fused-ring (bicyclic) bond motifs is 1. The van der Waals surface area contributed by atoms with Gasteiger partial charge in [0, 0.05) is 22.3 Å². The highest BCUT2D eigenvalue weighted by molar-refractivity contribution is 6.30. The first-order valence-electron chi connectivity index (χ1n) is 11.4. The third-order valence-corrected chi connectivity index (χ3v) is 5.87. The number of hydrogen-bond donors (Lipinski definition) is 0. The van der Waals surface area contributed by atoms with Gasteiger partial charge in [-0.05, 0) is 67.8 Å². The van der Waals surface area contributed by atoms with Crippen LogP contribution in [0.15, 0.2) is 61.1 Å². The molecule has 0 amide bonds. The van der Waals surface area contributed by atoms with E-state index in [1.165, 1.54) is 6.33 Å². The van der Waals surface area contributed by atoms with Crippen LogP contribution in [0.5, 0.6) is 5.75 Å². The summed E-state index contributed by atoms with van der Waals surface area (Å²) in [5.74, 6) is 6.22. The minimum Gasteiger partial charge on any atom is -0.489 e. The number of rotatable bonds is 8. The lowest BCUT2D eigenvalue weighted by atomic mass is 9.96. The molecule has 4 aromatic rings. The van der Waals surface area contributed by atoms with Gasteiger partial charge >= 0.3 is 5.97 Å². The van der Waals surface area contributed by atoms with Gasteiger partial charge in [-0.25, -0.2) is 9.50 Å². The van der Waals surface area contributed by atoms with Crippen LogP contribution in [0.2, 0.25) is 5.02 Å². The lowest BCUT2D eigenvalue weighted by Crippen LogP contribution is -2.09. The number of aryl methyl sites for hydroxylation is 1. The first kappa shape index (κ1) is 24.3. The molecule has 0 radical (unpaired) electrons. The Morgan fingerprint density at radius 3 is 2.71 bits per heavy atom. The van der Waals surface area contributed by atoms with Gasteiger partial charge in [0.1, 0.15) is 18.7 Å². The van der Waals surface area contributed by atoms with Crippen LogP contribution in [-0.4, -0.2) is 27.2 Å². The molecule has 4 rings (SSSR count). The van der Waals surface area contributed by atoms with E-state index in [2.05, 4.69) is 28.0 Å². The van der Waals surface area contributed by atoms with Crippen molar-refractivity contribution in [2.24, 2.45) is 0 Å². The molecule has 7 heteroatoms. The summed E-state index contributed by atoms with van der Waals surface area (Å²) in [6.07, 6.45) is 3.69. The fraction of sp³-hybridized carbons (Fsp3) is 0.250. The van der Waals surface area contributed by atoms with Crippen LogP contribution in [0, 0.1) is 18.8 Å². The lowest BCUT2D eigenvalue weighted by Gasteiger charge is -2.13. The summed E-state index contributed by atoms with van der Waals surface area (Å²) in [5.41, 5.74) is 5.71. The van der Waals surface area contributed by atoms with Gasteiger partial charge in [-0.2, -0.15) is 5.10 Å². The van der Waals surface area contributed by atoms with Crippen LogP contribution in [0.3, 0.4) is 0 Å². The fourth-order valence-electron chi connectivity index (χ4n) is 3.92. The van der Waals surface area contributed by atoms with E-state index in [9.17, 15) is 4.79 Å². The number of esters is 1. The smallest absolute Gasteiger partial charge is 0.307 e. The van der Waals surface area contributed by atoms with E-state index >= 15 is 0 Å². The van der Waals surface area contributed by atoms with E-state index in [0.29, 0.717) is 24.0 Å². The van der Waals surface area contributed by atoms with Gasteiger partial charge < -0.3 is 9.47 Å². The Hall–Kier alpha value is -3.82. The number of nitrogens with zero attached hydrogens (tertiary/aromatic N) is 3. The molecule has 35 heavy (non-hydrogen) atoms. The van der Waals surface area contributed by atoms with Crippen LogP contribution in [0.4, 0.5) is 0 Å². The van der Waals surface area contributed by atoms with E-state index in [0.717, 1.165) is 33.5 Å². The maximum Gasteiger partial charge on any atom is 0.307 e. The zero-order valence-corrected chi connectivity index (χ0v) is 20.7. The highest BCUT2D eigenvalue weighted by atomic mass is 35.5. The quantitative estimate of drug-likeness (QED) is 0.225. The summed E-state index contributed by atoms with van der Waals surface area (Å²) in [6, 6.07) is 15.5. The molecule has 0 fully saturated rings. The standard InChI is InChI=1S/C28H26ClN3O3/c1-4-6-21(14-27(33)34-5-2)20-8-11-25(12-9-20)35-17-23-13-22(16-32-28(23)30-18-31-32)26-15-24(29)10-7-19(26)3/h7-13,15-16,18,21H,5,14,17H2,1-3H3/t21-/m0/s1. The van der Waals surface area contributed by atoms with E-state index in [4.69, 9.17) is 21.1 Å². The first-order chi connectivity index (χ1) is 17.0. The van der Waals surface area contributed by atoms with Crippen LogP contribution in [0.25, 0.3) is 16.8 Å². The monoisotopic (exact) mass is 487 g/mol. The highest BCUT2D eigenvalue weighted by Crippen LogP contribution is 2.29. The largest absolute Gasteiger partial charge is 0.489 e. The van der Waals surface area contributed by atoms with Crippen molar-refractivity contribution in [3.05, 3.63) is 82.8 Å². The summed E-state index contributed by atoms with van der Waals surface area (Å²) in [6.45, 7) is 6.28. The van der Waals surface area contributed by atoms with Gasteiger partial charge in [0.25, 0.3) is 0 Å². The molecule has 0 spiro atoms. The molecule has 0 aliphatic heterocycles. The lowest BCUT2D eigenvalue weighted by molar-refractivity contribution is -0.143. The van der Waals surface area contributed by atoms with Crippen molar-refractivity contribution in [3.8, 4) is 28.7 Å². The highest BCUT2D eigenvalue weighted by Gasteiger charge is 2.15. The molecule has 0 aliphatic rings. The minimum absolute atomic E-state index is 0.218. The maximum absolute atomic E-state index is 11.9. The Kier molecular flexibility index (Phi) is 7.69. The molecule has 0 aliphatic carbocycles. The average molecular weight is 488 g/mol. The zero-order chi connectivity index (χ0) is 24.8. The predicted octanol–water partition coefficient (Wildman–Crippen LogP) is 6.00. The normalized spacial score (nSPS) is 11.5. The van der Waals surface area contributed by atoms with E-state index in [1.54, 1.807) is 18.4 Å². The number of benzene rings is 2. The van der Waals surface area contributed by atoms with Gasteiger partial charge in [-0.1, -0.05) is 35.7 Å². The molecule has 6 nitrogen and oxygen atoms in total. The van der Waals surface area contributed by atoms with Crippen molar-refractivity contribution < 1.29 is 14.3 Å². The summed E-state index contributed by atoms with van der Waals surface area (Å²) >= 11 is 6.25. The second kappa shape index (κ2) is 11.1. The van der Waals surface area contributed by atoms with Gasteiger partial charge in [-0.3, -0.25) is 4.79 Å². The molecule has 2 aromatic carbocycles. The Labute approximate surface area is 209 Å². The summed E-state index contributed by atoms with van der Waals surface area (Å²) in [7, 11) is 0. The van der Waals surface area contributed by atoms with Gasteiger partial charge in [0.15, 0.2) is 5.65 Å². The maximum atomic E-state index is 11.9. The third kappa shape index (κ3) is 5.82. The van der Waals surface area contributed by atoms with Crippen molar-refractivity contribution >= 4 is 23.2 Å². The third-order valence-electron chi connectivity index (χ3n) is 5.63. The number of halogens is 1. The molecule has 2 aromatic heterocycles. The topological polar surface area (TPSA) is 65.7 Å². The Balaban J connectivity index is 1.54. The van der Waals surface area contributed by atoms with E-state index < -0.39 is 0 Å². The summed E-state index contributed by atoms with van der Waals surface area (Å²) in [4.78, 5) is 16.3. The van der Waals surface area contributed by atoms with Crippen LogP contribution < -0.4 is 4.74 Å². The summed E-state index contributed by atoms with van der Waals surface area (Å²) in [5, 5.41) is 5.00. The van der Waals surface area contributed by atoms with Gasteiger partial charge in [0.2, 0.25) is 0 Å². The fourth-order valence-corrected chi connectivity index (χ4v) is 4.10. The van der Waals surface area contributed by atoms with Crippen LogP contribution in [-0.2, 0) is 16.1 Å². The van der Waals surface area contributed by atoms with Crippen molar-refractivity contribution in [3.63, 3.8) is 0 Å². The molecule has 0 saturated heterocycles. The Morgan fingerprint density at radius 1 is 1.17 bits per heavy atom. The van der Waals surface area contributed by atoms with Gasteiger partial charge in [0.05, 0.1) is 18.9 Å². The van der Waals surface area contributed by atoms with Crippen molar-refractivity contribution in [1.82, 2.24) is 14.6 Å². The molecular weight excluding hydrogens is 462 g/mol. The molecule has 1 atom stereocenters. The molecule has 178 valence electrons. The number of carbonyl (C=O) groups excluding carboxylic acids is 1. The number of hydrogen-bond acceptors (Lipinski definition) is 5. The summed E-state index contributed by atoms with van der Waals surface area (Å²) < 4.78 is 12.9. The second-order valence-electron chi connectivity index (χ2n) is 8.06.